The number of hydrogen-bond acceptors (Lipinski definition) is 4. The third kappa shape index (κ3) is 1.57. The number of aromatic nitrogens is 2. The zero-order chi connectivity index (χ0) is 11.0. The SMILES string of the molecule is O=C(O)c1cnc2cc(Cl)ncc2c1O. The van der Waals surface area contributed by atoms with Crippen LogP contribution in [0.15, 0.2) is 18.5 Å². The molecule has 0 saturated heterocycles. The summed E-state index contributed by atoms with van der Waals surface area (Å²) < 4.78 is 0. The van der Waals surface area contributed by atoms with Gasteiger partial charge in [0.25, 0.3) is 0 Å². The molecule has 0 radical (unpaired) electrons. The van der Waals surface area contributed by atoms with Crippen molar-refractivity contribution in [3.63, 3.8) is 0 Å². The monoisotopic (exact) mass is 224 g/mol. The van der Waals surface area contributed by atoms with E-state index in [0.717, 1.165) is 6.20 Å². The second kappa shape index (κ2) is 3.36. The van der Waals surface area contributed by atoms with Crippen LogP contribution in [0.3, 0.4) is 0 Å². The highest BCUT2D eigenvalue weighted by Crippen LogP contribution is 2.27. The summed E-state index contributed by atoms with van der Waals surface area (Å²) in [6.45, 7) is 0. The van der Waals surface area contributed by atoms with Crippen molar-refractivity contribution in [2.75, 3.05) is 0 Å². The van der Waals surface area contributed by atoms with E-state index >= 15 is 0 Å². The highest BCUT2D eigenvalue weighted by molar-refractivity contribution is 6.30. The molecule has 0 aliphatic rings. The van der Waals surface area contributed by atoms with E-state index in [-0.39, 0.29) is 21.9 Å². The molecule has 0 aromatic carbocycles. The largest absolute Gasteiger partial charge is 0.506 e. The Bertz CT molecular complexity index is 556. The normalized spacial score (nSPS) is 10.5. The van der Waals surface area contributed by atoms with Crippen LogP contribution in [0.2, 0.25) is 5.15 Å². The smallest absolute Gasteiger partial charge is 0.341 e. The second-order valence-corrected chi connectivity index (χ2v) is 3.24. The summed E-state index contributed by atoms with van der Waals surface area (Å²) in [5, 5.41) is 18.8. The Morgan fingerprint density at radius 3 is 2.73 bits per heavy atom. The fraction of sp³-hybridized carbons (Fsp3) is 0. The first-order valence-electron chi connectivity index (χ1n) is 3.96. The summed E-state index contributed by atoms with van der Waals surface area (Å²) in [5.74, 6) is -1.59. The lowest BCUT2D eigenvalue weighted by molar-refractivity contribution is 0.0693. The summed E-state index contributed by atoms with van der Waals surface area (Å²) in [4.78, 5) is 18.3. The van der Waals surface area contributed by atoms with Gasteiger partial charge in [-0.25, -0.2) is 9.78 Å². The lowest BCUT2D eigenvalue weighted by Gasteiger charge is -2.03. The van der Waals surface area contributed by atoms with Gasteiger partial charge in [0, 0.05) is 18.5 Å². The van der Waals surface area contributed by atoms with Crippen molar-refractivity contribution in [2.24, 2.45) is 0 Å². The maximum Gasteiger partial charge on any atom is 0.341 e. The third-order valence-corrected chi connectivity index (χ3v) is 2.13. The van der Waals surface area contributed by atoms with Crippen LogP contribution in [0.25, 0.3) is 10.9 Å². The average molecular weight is 225 g/mol. The minimum atomic E-state index is -1.24. The summed E-state index contributed by atoms with van der Waals surface area (Å²) in [5.41, 5.74) is 0.143. The molecule has 2 aromatic heterocycles. The van der Waals surface area contributed by atoms with E-state index in [0.29, 0.717) is 5.52 Å². The number of carboxylic acids is 1. The van der Waals surface area contributed by atoms with Crippen LogP contribution in [-0.2, 0) is 0 Å². The summed E-state index contributed by atoms with van der Waals surface area (Å²) in [7, 11) is 0. The molecule has 0 atom stereocenters. The highest BCUT2D eigenvalue weighted by atomic mass is 35.5. The number of aromatic hydroxyl groups is 1. The van der Waals surface area contributed by atoms with Gasteiger partial charge in [0.05, 0.1) is 10.9 Å². The van der Waals surface area contributed by atoms with Crippen molar-refractivity contribution >= 4 is 28.5 Å². The van der Waals surface area contributed by atoms with E-state index in [9.17, 15) is 9.90 Å². The maximum atomic E-state index is 10.7. The first-order chi connectivity index (χ1) is 7.09. The molecule has 15 heavy (non-hydrogen) atoms. The Labute approximate surface area is 89.0 Å². The highest BCUT2D eigenvalue weighted by Gasteiger charge is 2.13. The van der Waals surface area contributed by atoms with E-state index in [4.69, 9.17) is 16.7 Å². The van der Waals surface area contributed by atoms with Gasteiger partial charge in [-0.3, -0.25) is 4.98 Å². The molecule has 2 heterocycles. The van der Waals surface area contributed by atoms with Gasteiger partial charge in [-0.15, -0.1) is 0 Å². The minimum Gasteiger partial charge on any atom is -0.506 e. The molecule has 6 heteroatoms. The van der Waals surface area contributed by atoms with E-state index in [1.165, 1.54) is 12.3 Å². The Hall–Kier alpha value is -1.88. The number of nitrogens with zero attached hydrogens (tertiary/aromatic N) is 2. The predicted molar refractivity (Wildman–Crippen MR) is 53.2 cm³/mol. The van der Waals surface area contributed by atoms with Crippen molar-refractivity contribution in [1.29, 1.82) is 0 Å². The van der Waals surface area contributed by atoms with Crippen molar-refractivity contribution in [3.05, 3.63) is 29.2 Å². The standard InChI is InChI=1S/C9H5ClN2O3/c10-7-1-6-4(2-12-7)8(13)5(3-11-6)9(14)15/h1-3H,(H,11,13)(H,14,15). The predicted octanol–water partition coefficient (Wildman–Crippen LogP) is 1.69. The molecule has 2 N–H and O–H groups in total. The molecule has 0 amide bonds. The van der Waals surface area contributed by atoms with Crippen LogP contribution in [0.5, 0.6) is 5.75 Å². The van der Waals surface area contributed by atoms with Gasteiger partial charge >= 0.3 is 5.97 Å². The van der Waals surface area contributed by atoms with Crippen LogP contribution in [0, 0.1) is 0 Å². The Morgan fingerprint density at radius 1 is 1.33 bits per heavy atom. The van der Waals surface area contributed by atoms with Crippen molar-refractivity contribution < 1.29 is 15.0 Å². The Balaban J connectivity index is 2.80. The maximum absolute atomic E-state index is 10.7. The van der Waals surface area contributed by atoms with Gasteiger partial charge in [-0.1, -0.05) is 11.6 Å². The van der Waals surface area contributed by atoms with Crippen LogP contribution in [-0.4, -0.2) is 26.2 Å². The Morgan fingerprint density at radius 2 is 2.07 bits per heavy atom. The third-order valence-electron chi connectivity index (χ3n) is 1.92. The fourth-order valence-corrected chi connectivity index (χ4v) is 1.36. The van der Waals surface area contributed by atoms with Crippen molar-refractivity contribution in [2.45, 2.75) is 0 Å². The first kappa shape index (κ1) is 9.67. The van der Waals surface area contributed by atoms with E-state index in [1.54, 1.807) is 0 Å². The van der Waals surface area contributed by atoms with Crippen LogP contribution in [0.4, 0.5) is 0 Å². The number of aromatic carboxylic acids is 1. The topological polar surface area (TPSA) is 83.3 Å². The molecule has 0 aliphatic carbocycles. The molecule has 0 saturated carbocycles. The number of carbonyl (C=O) groups is 1. The lowest BCUT2D eigenvalue weighted by Crippen LogP contribution is -1.98. The number of halogens is 1. The van der Waals surface area contributed by atoms with Crippen LogP contribution in [0.1, 0.15) is 10.4 Å². The molecule has 0 aliphatic heterocycles. The number of carboxylic acid groups (broad SMARTS) is 1. The summed E-state index contributed by atoms with van der Waals surface area (Å²) in [6.07, 6.45) is 2.36. The fourth-order valence-electron chi connectivity index (χ4n) is 1.21. The lowest BCUT2D eigenvalue weighted by atomic mass is 10.2. The molecule has 76 valence electrons. The number of rotatable bonds is 1. The summed E-state index contributed by atoms with van der Waals surface area (Å²) >= 11 is 5.62. The van der Waals surface area contributed by atoms with Gasteiger partial charge < -0.3 is 10.2 Å². The van der Waals surface area contributed by atoms with E-state index < -0.39 is 5.97 Å². The van der Waals surface area contributed by atoms with Crippen molar-refractivity contribution in [1.82, 2.24) is 9.97 Å². The van der Waals surface area contributed by atoms with Gasteiger partial charge in [-0.05, 0) is 0 Å². The molecule has 0 spiro atoms. The van der Waals surface area contributed by atoms with Gasteiger partial charge in [-0.2, -0.15) is 0 Å². The van der Waals surface area contributed by atoms with Crippen LogP contribution >= 0.6 is 11.6 Å². The molecular formula is C9H5ClN2O3. The molecule has 0 fully saturated rings. The molecule has 2 aromatic rings. The molecule has 0 bridgehead atoms. The minimum absolute atomic E-state index is 0.234. The molecular weight excluding hydrogens is 220 g/mol. The van der Waals surface area contributed by atoms with Crippen LogP contribution < -0.4 is 0 Å². The van der Waals surface area contributed by atoms with E-state index in [1.807, 2.05) is 0 Å². The zero-order valence-corrected chi connectivity index (χ0v) is 8.06. The van der Waals surface area contributed by atoms with Gasteiger partial charge in [0.1, 0.15) is 16.5 Å². The quantitative estimate of drug-likeness (QED) is 0.720. The van der Waals surface area contributed by atoms with Crippen molar-refractivity contribution in [3.8, 4) is 5.75 Å². The Kier molecular flexibility index (Phi) is 2.17. The first-order valence-corrected chi connectivity index (χ1v) is 4.34. The second-order valence-electron chi connectivity index (χ2n) is 2.85. The average Bonchev–Trinajstić information content (AvgIpc) is 2.17. The molecule has 0 unspecified atom stereocenters. The van der Waals surface area contributed by atoms with Gasteiger partial charge in [0.15, 0.2) is 0 Å². The summed E-state index contributed by atoms with van der Waals surface area (Å²) in [6, 6.07) is 1.45. The van der Waals surface area contributed by atoms with E-state index in [2.05, 4.69) is 9.97 Å². The molecule has 5 nitrogen and oxygen atoms in total. The number of fused-ring (bicyclic) bond motifs is 1. The number of pyridine rings is 2. The molecule has 2 rings (SSSR count). The van der Waals surface area contributed by atoms with Gasteiger partial charge in [0.2, 0.25) is 0 Å². The number of hydrogen-bond donors (Lipinski definition) is 2. The zero-order valence-electron chi connectivity index (χ0n) is 7.31.